The number of likely N-dealkylation sites (N-methyl/N-ethyl adjacent to an activating group) is 1. The second-order valence-electron chi connectivity index (χ2n) is 4.58. The summed E-state index contributed by atoms with van der Waals surface area (Å²) in [6, 6.07) is 8.13. The molecule has 0 saturated heterocycles. The molecule has 2 heteroatoms. The van der Waals surface area contributed by atoms with E-state index >= 15 is 0 Å². The van der Waals surface area contributed by atoms with Gasteiger partial charge in [0.05, 0.1) is 5.54 Å². The zero-order valence-corrected chi connectivity index (χ0v) is 10.0. The van der Waals surface area contributed by atoms with Crippen LogP contribution < -0.4 is 5.32 Å². The quantitative estimate of drug-likeness (QED) is 0.804. The smallest absolute Gasteiger partial charge is 0.135 e. The Morgan fingerprint density at radius 1 is 1.12 bits per heavy atom. The number of para-hydroxylation sites is 1. The molecule has 1 unspecified atom stereocenters. The number of fused-ring (bicyclic) bond motifs is 3. The van der Waals surface area contributed by atoms with E-state index in [1.165, 1.54) is 5.39 Å². The number of rotatable bonds is 1. The maximum absolute atomic E-state index is 5.84. The minimum Gasteiger partial charge on any atom is -0.456 e. The van der Waals surface area contributed by atoms with E-state index < -0.39 is 0 Å². The molecule has 1 aliphatic carbocycles. The van der Waals surface area contributed by atoms with Gasteiger partial charge in [0, 0.05) is 10.9 Å². The van der Waals surface area contributed by atoms with Crippen LogP contribution in [0.25, 0.3) is 23.1 Å². The molecule has 0 bridgehead atoms. The van der Waals surface area contributed by atoms with Crippen molar-refractivity contribution in [3.8, 4) is 0 Å². The maximum atomic E-state index is 5.84. The van der Waals surface area contributed by atoms with E-state index in [0.29, 0.717) is 0 Å². The molecule has 1 N–H and O–H groups in total. The number of benzene rings is 1. The molecule has 1 aromatic carbocycles. The van der Waals surface area contributed by atoms with Crippen molar-refractivity contribution in [1.82, 2.24) is 5.32 Å². The van der Waals surface area contributed by atoms with Gasteiger partial charge in [0.2, 0.25) is 0 Å². The molecule has 3 rings (SSSR count). The van der Waals surface area contributed by atoms with E-state index in [1.54, 1.807) is 0 Å². The molecule has 0 fully saturated rings. The summed E-state index contributed by atoms with van der Waals surface area (Å²) >= 11 is 0. The summed E-state index contributed by atoms with van der Waals surface area (Å²) in [5.41, 5.74) is 2.00. The Labute approximate surface area is 101 Å². The van der Waals surface area contributed by atoms with Crippen molar-refractivity contribution in [3.05, 3.63) is 47.7 Å². The third-order valence-corrected chi connectivity index (χ3v) is 3.38. The van der Waals surface area contributed by atoms with E-state index in [0.717, 1.165) is 16.9 Å². The van der Waals surface area contributed by atoms with Crippen molar-refractivity contribution in [2.75, 3.05) is 7.05 Å². The van der Waals surface area contributed by atoms with Gasteiger partial charge in [-0.15, -0.1) is 0 Å². The van der Waals surface area contributed by atoms with Crippen molar-refractivity contribution in [2.24, 2.45) is 0 Å². The van der Waals surface area contributed by atoms with Gasteiger partial charge in [-0.2, -0.15) is 0 Å². The first-order valence-electron chi connectivity index (χ1n) is 5.81. The summed E-state index contributed by atoms with van der Waals surface area (Å²) in [5.74, 6) is 0.932. The summed E-state index contributed by atoms with van der Waals surface area (Å²) in [6.07, 6.45) is 8.47. The summed E-state index contributed by atoms with van der Waals surface area (Å²) in [6.45, 7) is 2.13. The Morgan fingerprint density at radius 3 is 2.71 bits per heavy atom. The normalized spacial score (nSPS) is 22.7. The molecule has 2 nitrogen and oxygen atoms in total. The predicted octanol–water partition coefficient (Wildman–Crippen LogP) is 3.45. The molecule has 0 spiro atoms. The summed E-state index contributed by atoms with van der Waals surface area (Å²) in [5, 5.41) is 4.45. The Bertz CT molecular complexity index is 621. The van der Waals surface area contributed by atoms with Crippen LogP contribution in [0, 0.1) is 0 Å². The molecule has 0 amide bonds. The third kappa shape index (κ3) is 1.61. The fraction of sp³-hybridized carbons (Fsp3) is 0.200. The van der Waals surface area contributed by atoms with Gasteiger partial charge in [0.25, 0.3) is 0 Å². The second-order valence-corrected chi connectivity index (χ2v) is 4.58. The van der Waals surface area contributed by atoms with Crippen LogP contribution in [0.15, 0.2) is 40.8 Å². The zero-order chi connectivity index (χ0) is 11.9. The van der Waals surface area contributed by atoms with Gasteiger partial charge in [-0.3, -0.25) is 0 Å². The average molecular weight is 225 g/mol. The summed E-state index contributed by atoms with van der Waals surface area (Å²) in [7, 11) is 1.96. The topological polar surface area (TPSA) is 25.2 Å². The Balaban J connectivity index is 2.22. The number of nitrogens with one attached hydrogen (secondary N) is 1. The van der Waals surface area contributed by atoms with E-state index in [9.17, 15) is 0 Å². The highest BCUT2D eigenvalue weighted by molar-refractivity contribution is 5.91. The third-order valence-electron chi connectivity index (χ3n) is 3.38. The van der Waals surface area contributed by atoms with Gasteiger partial charge in [-0.1, -0.05) is 36.4 Å². The molecule has 86 valence electrons. The zero-order valence-electron chi connectivity index (χ0n) is 10.0. The van der Waals surface area contributed by atoms with Gasteiger partial charge in [0.15, 0.2) is 0 Å². The average Bonchev–Trinajstić information content (AvgIpc) is 2.63. The Morgan fingerprint density at radius 2 is 1.88 bits per heavy atom. The number of furan rings is 1. The highest BCUT2D eigenvalue weighted by Gasteiger charge is 2.19. The highest BCUT2D eigenvalue weighted by atomic mass is 16.3. The molecular formula is C15H15NO. The minimum absolute atomic E-state index is 0.108. The van der Waals surface area contributed by atoms with Gasteiger partial charge in [-0.05, 0) is 26.1 Å². The van der Waals surface area contributed by atoms with Crippen molar-refractivity contribution < 1.29 is 4.42 Å². The first kappa shape index (κ1) is 10.4. The SMILES string of the molecule is CNC1(C)C=Cc2oc3ccccc3c2C=C1. The molecule has 2 aromatic rings. The largest absolute Gasteiger partial charge is 0.456 e. The molecule has 0 saturated carbocycles. The monoisotopic (exact) mass is 225 g/mol. The molecule has 0 aliphatic heterocycles. The van der Waals surface area contributed by atoms with Crippen LogP contribution in [-0.4, -0.2) is 12.6 Å². The van der Waals surface area contributed by atoms with Gasteiger partial charge in [-0.25, -0.2) is 0 Å². The standard InChI is InChI=1S/C15H15NO/c1-15(16-2)9-7-12-11-5-3-4-6-13(11)17-14(12)8-10-15/h3-10,16H,1-2H3. The van der Waals surface area contributed by atoms with E-state index in [-0.39, 0.29) is 5.54 Å². The highest BCUT2D eigenvalue weighted by Crippen LogP contribution is 2.31. The van der Waals surface area contributed by atoms with E-state index in [4.69, 9.17) is 4.42 Å². The first-order valence-corrected chi connectivity index (χ1v) is 5.81. The lowest BCUT2D eigenvalue weighted by molar-refractivity contribution is 0.587. The van der Waals surface area contributed by atoms with Crippen molar-refractivity contribution in [2.45, 2.75) is 12.5 Å². The van der Waals surface area contributed by atoms with Crippen LogP contribution in [0.5, 0.6) is 0 Å². The van der Waals surface area contributed by atoms with Crippen LogP contribution >= 0.6 is 0 Å². The lowest BCUT2D eigenvalue weighted by Gasteiger charge is -2.19. The summed E-state index contributed by atoms with van der Waals surface area (Å²) < 4.78 is 5.84. The van der Waals surface area contributed by atoms with Crippen LogP contribution in [0.4, 0.5) is 0 Å². The fourth-order valence-corrected chi connectivity index (χ4v) is 2.11. The van der Waals surface area contributed by atoms with E-state index in [1.807, 2.05) is 31.3 Å². The van der Waals surface area contributed by atoms with Crippen LogP contribution in [0.2, 0.25) is 0 Å². The Kier molecular flexibility index (Phi) is 2.20. The van der Waals surface area contributed by atoms with Crippen molar-refractivity contribution in [3.63, 3.8) is 0 Å². The Hall–Kier alpha value is -1.80. The van der Waals surface area contributed by atoms with Gasteiger partial charge >= 0.3 is 0 Å². The van der Waals surface area contributed by atoms with Crippen molar-refractivity contribution in [1.29, 1.82) is 0 Å². The van der Waals surface area contributed by atoms with E-state index in [2.05, 4.69) is 36.5 Å². The number of hydrogen-bond acceptors (Lipinski definition) is 2. The maximum Gasteiger partial charge on any atom is 0.135 e. The predicted molar refractivity (Wildman–Crippen MR) is 71.7 cm³/mol. The molecule has 17 heavy (non-hydrogen) atoms. The lowest BCUT2D eigenvalue weighted by atomic mass is 10.0. The molecule has 1 heterocycles. The fourth-order valence-electron chi connectivity index (χ4n) is 2.11. The number of hydrogen-bond donors (Lipinski definition) is 1. The van der Waals surface area contributed by atoms with Crippen LogP contribution in [-0.2, 0) is 0 Å². The molecule has 1 atom stereocenters. The molecule has 0 radical (unpaired) electrons. The molecule has 1 aliphatic rings. The summed E-state index contributed by atoms with van der Waals surface area (Å²) in [4.78, 5) is 0. The lowest BCUT2D eigenvalue weighted by Crippen LogP contribution is -2.34. The van der Waals surface area contributed by atoms with Crippen molar-refractivity contribution >= 4 is 23.1 Å². The first-order chi connectivity index (χ1) is 8.22. The van der Waals surface area contributed by atoms with Crippen LogP contribution in [0.1, 0.15) is 18.2 Å². The second kappa shape index (κ2) is 3.60. The molecular weight excluding hydrogens is 210 g/mol. The molecule has 1 aromatic heterocycles. The van der Waals surface area contributed by atoms with Crippen LogP contribution in [0.3, 0.4) is 0 Å². The van der Waals surface area contributed by atoms with Gasteiger partial charge in [0.1, 0.15) is 11.3 Å². The van der Waals surface area contributed by atoms with Gasteiger partial charge < -0.3 is 9.73 Å². The minimum atomic E-state index is -0.108.